The minimum Gasteiger partial charge on any atom is -1.00 e. The Morgan fingerprint density at radius 1 is 0.526 bits per heavy atom. The van der Waals surface area contributed by atoms with Gasteiger partial charge < -0.3 is 22.0 Å². The number of aromatic nitrogens is 2. The van der Waals surface area contributed by atoms with Gasteiger partial charge in [-0.2, -0.15) is 26.3 Å². The second-order valence-corrected chi connectivity index (χ2v) is 18.6. The van der Waals surface area contributed by atoms with E-state index in [1.165, 1.54) is 30.3 Å². The van der Waals surface area contributed by atoms with Gasteiger partial charge in [0.2, 0.25) is 0 Å². The lowest BCUT2D eigenvalue weighted by Gasteiger charge is -2.19. The fourth-order valence-corrected chi connectivity index (χ4v) is 7.13. The third kappa shape index (κ3) is 17.0. The number of carbonyl (C=O) groups is 4. The van der Waals surface area contributed by atoms with Gasteiger partial charge in [-0.3, -0.25) is 9.59 Å². The molecule has 6 aromatic carbocycles. The van der Waals surface area contributed by atoms with E-state index >= 15 is 0 Å². The first-order valence-corrected chi connectivity index (χ1v) is 23.6. The second-order valence-electron chi connectivity index (χ2n) is 18.2. The van der Waals surface area contributed by atoms with E-state index in [1.807, 2.05) is 40.7 Å². The number of alkyl halides is 6. The maximum atomic E-state index is 13.1. The van der Waals surface area contributed by atoms with Crippen molar-refractivity contribution in [1.29, 1.82) is 0 Å². The fourth-order valence-electron chi connectivity index (χ4n) is 6.96. The third-order valence-corrected chi connectivity index (χ3v) is 10.5. The Bertz CT molecular complexity index is 3320. The van der Waals surface area contributed by atoms with Gasteiger partial charge in [0.15, 0.2) is 0 Å². The predicted molar refractivity (Wildman–Crippen MR) is 289 cm³/mol. The SMILES string of the molecule is C.CC.CC(C)(C)OC(=O)c1ccc2nc(N)ccc2c1.CC(C)(C)OC(=O)c1ccc2nc(NC(=O)c3ccccc3-c3ccc(C(F)(F)F)cc3)ccc2c1.O=C(Cl)c1ccccc1-c1ccc(C(F)(F)F)cc1.[2H-]. The van der Waals surface area contributed by atoms with Gasteiger partial charge in [-0.05, 0) is 172 Å². The number of nitrogens with two attached hydrogens (primary N) is 1. The number of hydrogen-bond acceptors (Lipinski definition) is 9. The molecule has 0 bridgehead atoms. The van der Waals surface area contributed by atoms with Crippen molar-refractivity contribution in [2.24, 2.45) is 0 Å². The van der Waals surface area contributed by atoms with Crippen LogP contribution in [0.25, 0.3) is 44.1 Å². The first-order valence-electron chi connectivity index (χ1n) is 23.2. The number of carbonyl (C=O) groups excluding carboxylic acids is 4. The maximum absolute atomic E-state index is 13.1. The molecule has 2 heterocycles. The summed E-state index contributed by atoms with van der Waals surface area (Å²) in [5.74, 6) is -0.474. The van der Waals surface area contributed by atoms with E-state index in [1.54, 1.807) is 118 Å². The van der Waals surface area contributed by atoms with Crippen molar-refractivity contribution in [3.05, 3.63) is 191 Å². The number of pyridine rings is 2. The van der Waals surface area contributed by atoms with Crippen molar-refractivity contribution < 1.29 is 56.4 Å². The highest BCUT2D eigenvalue weighted by Crippen LogP contribution is 2.34. The van der Waals surface area contributed by atoms with Crippen LogP contribution in [-0.4, -0.2) is 44.3 Å². The van der Waals surface area contributed by atoms with Gasteiger partial charge in [-0.15, -0.1) is 0 Å². The molecular weight excluding hydrogens is 1010 g/mol. The van der Waals surface area contributed by atoms with Crippen molar-refractivity contribution >= 4 is 68.1 Å². The van der Waals surface area contributed by atoms with Crippen molar-refractivity contribution in [3.8, 4) is 22.3 Å². The minimum absolute atomic E-state index is 0. The lowest BCUT2D eigenvalue weighted by Crippen LogP contribution is -2.23. The summed E-state index contributed by atoms with van der Waals surface area (Å²) in [6.45, 7) is 14.9. The zero-order chi connectivity index (χ0) is 55.5. The molecule has 0 spiro atoms. The van der Waals surface area contributed by atoms with E-state index in [0.717, 1.165) is 35.2 Å². The van der Waals surface area contributed by atoms with E-state index in [4.69, 9.17) is 26.8 Å². The van der Waals surface area contributed by atoms with Crippen molar-refractivity contribution in [2.45, 2.75) is 86.4 Å². The Labute approximate surface area is 443 Å². The number of fused-ring (bicyclic) bond motifs is 2. The topological polar surface area (TPSA) is 151 Å². The highest BCUT2D eigenvalue weighted by molar-refractivity contribution is 6.68. The van der Waals surface area contributed by atoms with Gasteiger partial charge in [0.05, 0.1) is 33.3 Å². The highest BCUT2D eigenvalue weighted by atomic mass is 35.5. The van der Waals surface area contributed by atoms with E-state index in [9.17, 15) is 45.5 Å². The van der Waals surface area contributed by atoms with E-state index in [2.05, 4.69) is 15.3 Å². The molecule has 0 fully saturated rings. The molecule has 10 nitrogen and oxygen atoms in total. The van der Waals surface area contributed by atoms with Crippen LogP contribution in [-0.2, 0) is 21.8 Å². The Morgan fingerprint density at radius 2 is 0.921 bits per heavy atom. The monoisotopic (exact) mass is 1070 g/mol. The van der Waals surface area contributed by atoms with Gasteiger partial charge in [0, 0.05) is 21.9 Å². The molecule has 0 atom stereocenters. The molecular formula is C59H58ClF6N4O6-. The molecule has 0 unspecified atom stereocenters. The van der Waals surface area contributed by atoms with Crippen LogP contribution in [0.2, 0.25) is 0 Å². The van der Waals surface area contributed by atoms with Crippen molar-refractivity contribution in [2.75, 3.05) is 11.1 Å². The second kappa shape index (κ2) is 25.4. The Kier molecular flexibility index (Phi) is 20.2. The summed E-state index contributed by atoms with van der Waals surface area (Å²) in [6.07, 6.45) is -8.81. The summed E-state index contributed by atoms with van der Waals surface area (Å²) >= 11 is 5.44. The number of nitrogen functional groups attached to an aromatic ring is 1. The summed E-state index contributed by atoms with van der Waals surface area (Å²) in [5.41, 5.74) is 7.79. The number of amides is 1. The number of nitrogens with one attached hydrogen (secondary N) is 1. The van der Waals surface area contributed by atoms with Crippen LogP contribution in [0.3, 0.4) is 0 Å². The normalized spacial score (nSPS) is 11.2. The molecule has 76 heavy (non-hydrogen) atoms. The first kappa shape index (κ1) is 60.4. The zero-order valence-electron chi connectivity index (χ0n) is 43.1. The summed E-state index contributed by atoms with van der Waals surface area (Å²) < 4.78 is 86.8. The van der Waals surface area contributed by atoms with Crippen molar-refractivity contribution in [1.82, 2.24) is 9.97 Å². The van der Waals surface area contributed by atoms with Gasteiger partial charge in [0.1, 0.15) is 22.8 Å². The Morgan fingerprint density at radius 3 is 1.34 bits per heavy atom. The summed E-state index contributed by atoms with van der Waals surface area (Å²) in [4.78, 5) is 57.2. The van der Waals surface area contributed by atoms with E-state index in [0.29, 0.717) is 61.5 Å². The summed E-state index contributed by atoms with van der Waals surface area (Å²) in [7, 11) is 0. The number of nitrogens with zero attached hydrogens (tertiary/aromatic N) is 2. The van der Waals surface area contributed by atoms with Crippen LogP contribution in [0.5, 0.6) is 0 Å². The molecule has 17 heteroatoms. The average molecular weight is 1070 g/mol. The first-order chi connectivity index (χ1) is 35.1. The van der Waals surface area contributed by atoms with Crippen LogP contribution in [0.1, 0.15) is 117 Å². The molecule has 0 saturated heterocycles. The molecule has 8 rings (SSSR count). The minimum atomic E-state index is -4.44. The lowest BCUT2D eigenvalue weighted by molar-refractivity contribution is -0.138. The number of ether oxygens (including phenoxy) is 2. The Hall–Kier alpha value is -8.11. The molecule has 0 aliphatic carbocycles. The number of halogens is 7. The molecule has 3 N–H and O–H groups in total. The Balaban J connectivity index is 0.000000322. The predicted octanol–water partition coefficient (Wildman–Crippen LogP) is 16.4. The fraction of sp³-hybridized carbons (Fsp3) is 0.220. The van der Waals surface area contributed by atoms with Gasteiger partial charge in [0.25, 0.3) is 11.1 Å². The highest BCUT2D eigenvalue weighted by Gasteiger charge is 2.31. The molecule has 8 aromatic rings. The average Bonchev–Trinajstić information content (AvgIpc) is 3.35. The number of hydrogen-bond donors (Lipinski definition) is 2. The van der Waals surface area contributed by atoms with Gasteiger partial charge in [-0.25, -0.2) is 19.6 Å². The van der Waals surface area contributed by atoms with E-state index in [-0.39, 0.29) is 20.4 Å². The molecule has 2 aromatic heterocycles. The maximum Gasteiger partial charge on any atom is 0.416 e. The number of benzene rings is 6. The standard InChI is InChI=1S/C28H23F3N2O3.C14H8ClF3O.C14H16N2O2.C2H6.CH4.H/c1-27(2,3)36-26(35)19-10-14-23-18(16-19)11-15-24(32-23)33-25(34)22-7-5-4-6-21(22)17-8-12-20(13-9-17)28(29,30)31;15-13(19)12-4-2-1-3-11(12)9-5-7-10(8-6-9)14(16,17)18;1-14(2,3)18-13(17)10-4-6-11-9(8-10)5-7-12(15)16-11;1-2;;/h4-16H,1-3H3,(H,32,33,34);1-8H;4-8H,1-3H3,(H2,15,16);1-2H3;1H4;/q;;;;;-1/i;;;;;1+1. The smallest absolute Gasteiger partial charge is 0.416 e. The molecule has 0 radical (unpaired) electrons. The molecule has 0 saturated carbocycles. The number of rotatable bonds is 7. The van der Waals surface area contributed by atoms with Crippen LogP contribution in [0.15, 0.2) is 158 Å². The van der Waals surface area contributed by atoms with Crippen LogP contribution in [0, 0.1) is 0 Å². The largest absolute Gasteiger partial charge is 1.00 e. The summed E-state index contributed by atoms with van der Waals surface area (Å²) in [6, 6.07) is 39.5. The molecule has 0 aliphatic rings. The van der Waals surface area contributed by atoms with Gasteiger partial charge in [-0.1, -0.05) is 81.9 Å². The van der Waals surface area contributed by atoms with Crippen LogP contribution in [0.4, 0.5) is 38.0 Å². The molecule has 0 aliphatic heterocycles. The van der Waals surface area contributed by atoms with Crippen molar-refractivity contribution in [3.63, 3.8) is 0 Å². The quantitative estimate of drug-likeness (QED) is 0.0903. The van der Waals surface area contributed by atoms with E-state index < -0.39 is 51.8 Å². The molecule has 400 valence electrons. The lowest BCUT2D eigenvalue weighted by atomic mass is 9.98. The summed E-state index contributed by atoms with van der Waals surface area (Å²) in [5, 5.41) is 3.66. The van der Waals surface area contributed by atoms with Gasteiger partial charge >= 0.3 is 24.3 Å². The number of anilines is 2. The zero-order valence-corrected chi connectivity index (χ0v) is 42.8. The third-order valence-electron chi connectivity index (χ3n) is 10.3. The van der Waals surface area contributed by atoms with Crippen LogP contribution < -0.4 is 11.1 Å². The van der Waals surface area contributed by atoms with Crippen LogP contribution >= 0.6 is 11.6 Å². The molecule has 1 amide bonds. The number of esters is 2.